The zero-order valence-electron chi connectivity index (χ0n) is 10.2. The Labute approximate surface area is 97.7 Å². The van der Waals surface area contributed by atoms with E-state index in [1.165, 1.54) is 12.0 Å². The van der Waals surface area contributed by atoms with E-state index in [1.807, 2.05) is 12.4 Å². The van der Waals surface area contributed by atoms with Crippen molar-refractivity contribution in [1.82, 2.24) is 9.88 Å². The Kier molecular flexibility index (Phi) is 3.26. The predicted octanol–water partition coefficient (Wildman–Crippen LogP) is 1.78. The summed E-state index contributed by atoms with van der Waals surface area (Å²) in [6.07, 6.45) is 6.05. The van der Waals surface area contributed by atoms with Gasteiger partial charge in [-0.1, -0.05) is 0 Å². The van der Waals surface area contributed by atoms with Gasteiger partial charge in [-0.25, -0.2) is 0 Å². The number of nitrogens with zero attached hydrogens (tertiary/aromatic N) is 2. The SMILES string of the molecule is CC1(C)C(N)CCCN1Cc1ccncc1. The monoisotopic (exact) mass is 219 g/mol. The number of hydrogen-bond donors (Lipinski definition) is 1. The predicted molar refractivity (Wildman–Crippen MR) is 65.9 cm³/mol. The molecule has 1 aliphatic rings. The molecule has 3 heteroatoms. The molecule has 3 nitrogen and oxygen atoms in total. The van der Waals surface area contributed by atoms with Crippen LogP contribution in [0.4, 0.5) is 0 Å². The van der Waals surface area contributed by atoms with Crippen LogP contribution in [0.3, 0.4) is 0 Å². The largest absolute Gasteiger partial charge is 0.326 e. The lowest BCUT2D eigenvalue weighted by Crippen LogP contribution is -2.59. The lowest BCUT2D eigenvalue weighted by molar-refractivity contribution is 0.0501. The molecule has 1 saturated heterocycles. The highest BCUT2D eigenvalue weighted by atomic mass is 15.2. The fourth-order valence-electron chi connectivity index (χ4n) is 2.37. The van der Waals surface area contributed by atoms with E-state index in [9.17, 15) is 0 Å². The van der Waals surface area contributed by atoms with Crippen LogP contribution in [0.2, 0.25) is 0 Å². The molecule has 88 valence electrons. The van der Waals surface area contributed by atoms with Crippen LogP contribution < -0.4 is 5.73 Å². The molecular formula is C13H21N3. The van der Waals surface area contributed by atoms with Gasteiger partial charge in [0.15, 0.2) is 0 Å². The van der Waals surface area contributed by atoms with E-state index >= 15 is 0 Å². The van der Waals surface area contributed by atoms with Gasteiger partial charge in [-0.2, -0.15) is 0 Å². The Morgan fingerprint density at radius 2 is 2.12 bits per heavy atom. The van der Waals surface area contributed by atoms with Crippen molar-refractivity contribution in [2.24, 2.45) is 5.73 Å². The molecule has 2 heterocycles. The average Bonchev–Trinajstić information content (AvgIpc) is 2.27. The molecule has 1 aromatic heterocycles. The van der Waals surface area contributed by atoms with Crippen molar-refractivity contribution in [3.05, 3.63) is 30.1 Å². The van der Waals surface area contributed by atoms with Gasteiger partial charge < -0.3 is 5.73 Å². The Hall–Kier alpha value is -0.930. The summed E-state index contributed by atoms with van der Waals surface area (Å²) in [5.74, 6) is 0. The fraction of sp³-hybridized carbons (Fsp3) is 0.615. The standard InChI is InChI=1S/C13H21N3/c1-13(2)12(14)4-3-9-16(13)10-11-5-7-15-8-6-11/h5-8,12H,3-4,9-10,14H2,1-2H3. The third-order valence-corrected chi connectivity index (χ3v) is 3.79. The highest BCUT2D eigenvalue weighted by Gasteiger charge is 2.35. The average molecular weight is 219 g/mol. The summed E-state index contributed by atoms with van der Waals surface area (Å²) in [4.78, 5) is 6.53. The highest BCUT2D eigenvalue weighted by molar-refractivity contribution is 5.11. The third-order valence-electron chi connectivity index (χ3n) is 3.79. The minimum absolute atomic E-state index is 0.0987. The Morgan fingerprint density at radius 1 is 1.44 bits per heavy atom. The summed E-state index contributed by atoms with van der Waals surface area (Å²) in [5, 5.41) is 0. The van der Waals surface area contributed by atoms with Crippen LogP contribution in [0.25, 0.3) is 0 Å². The van der Waals surface area contributed by atoms with E-state index < -0.39 is 0 Å². The van der Waals surface area contributed by atoms with Crippen molar-refractivity contribution in [2.45, 2.75) is 44.8 Å². The number of rotatable bonds is 2. The van der Waals surface area contributed by atoms with Crippen LogP contribution in [0.5, 0.6) is 0 Å². The van der Waals surface area contributed by atoms with Gasteiger partial charge in [0.2, 0.25) is 0 Å². The maximum absolute atomic E-state index is 6.20. The number of nitrogens with two attached hydrogens (primary N) is 1. The number of pyridine rings is 1. The first-order valence-electron chi connectivity index (χ1n) is 6.00. The van der Waals surface area contributed by atoms with E-state index in [1.54, 1.807) is 0 Å². The summed E-state index contributed by atoms with van der Waals surface area (Å²) < 4.78 is 0. The second-order valence-electron chi connectivity index (χ2n) is 5.18. The quantitative estimate of drug-likeness (QED) is 0.824. The lowest BCUT2D eigenvalue weighted by atomic mass is 9.85. The molecule has 16 heavy (non-hydrogen) atoms. The molecule has 2 N–H and O–H groups in total. The van der Waals surface area contributed by atoms with Gasteiger partial charge in [-0.05, 0) is 50.9 Å². The summed E-state index contributed by atoms with van der Waals surface area (Å²) in [7, 11) is 0. The molecular weight excluding hydrogens is 198 g/mol. The van der Waals surface area contributed by atoms with E-state index in [2.05, 4.69) is 35.9 Å². The van der Waals surface area contributed by atoms with Gasteiger partial charge >= 0.3 is 0 Å². The van der Waals surface area contributed by atoms with Crippen molar-refractivity contribution in [3.63, 3.8) is 0 Å². The van der Waals surface area contributed by atoms with Crippen LogP contribution in [0.1, 0.15) is 32.3 Å². The molecule has 2 rings (SSSR count). The van der Waals surface area contributed by atoms with Crippen LogP contribution >= 0.6 is 0 Å². The molecule has 1 fully saturated rings. The first-order chi connectivity index (χ1) is 7.60. The molecule has 0 amide bonds. The highest BCUT2D eigenvalue weighted by Crippen LogP contribution is 2.27. The van der Waals surface area contributed by atoms with Gasteiger partial charge in [0.05, 0.1) is 0 Å². The normalized spacial score (nSPS) is 25.6. The van der Waals surface area contributed by atoms with Gasteiger partial charge in [-0.15, -0.1) is 0 Å². The molecule has 0 aromatic carbocycles. The maximum atomic E-state index is 6.20. The zero-order valence-corrected chi connectivity index (χ0v) is 10.2. The zero-order chi connectivity index (χ0) is 11.6. The Morgan fingerprint density at radius 3 is 2.81 bits per heavy atom. The van der Waals surface area contributed by atoms with Crippen molar-refractivity contribution >= 4 is 0 Å². The summed E-state index contributed by atoms with van der Waals surface area (Å²) in [6.45, 7) is 6.61. The van der Waals surface area contributed by atoms with E-state index in [4.69, 9.17) is 5.73 Å². The maximum Gasteiger partial charge on any atom is 0.0307 e. The van der Waals surface area contributed by atoms with Crippen LogP contribution in [0, 0.1) is 0 Å². The van der Waals surface area contributed by atoms with Crippen molar-refractivity contribution in [1.29, 1.82) is 0 Å². The second-order valence-corrected chi connectivity index (χ2v) is 5.18. The second kappa shape index (κ2) is 4.52. The summed E-state index contributed by atoms with van der Waals surface area (Å²) in [6, 6.07) is 4.44. The molecule has 0 radical (unpaired) electrons. The van der Waals surface area contributed by atoms with Gasteiger partial charge in [0.25, 0.3) is 0 Å². The fourth-order valence-corrected chi connectivity index (χ4v) is 2.37. The van der Waals surface area contributed by atoms with Gasteiger partial charge in [-0.3, -0.25) is 9.88 Å². The molecule has 0 bridgehead atoms. The Bertz CT molecular complexity index is 334. The van der Waals surface area contributed by atoms with Crippen molar-refractivity contribution < 1.29 is 0 Å². The number of piperidine rings is 1. The van der Waals surface area contributed by atoms with Crippen molar-refractivity contribution in [3.8, 4) is 0 Å². The smallest absolute Gasteiger partial charge is 0.0307 e. The topological polar surface area (TPSA) is 42.1 Å². The molecule has 1 atom stereocenters. The molecule has 1 aliphatic heterocycles. The van der Waals surface area contributed by atoms with Crippen LogP contribution in [-0.2, 0) is 6.54 Å². The number of aromatic nitrogens is 1. The minimum atomic E-state index is 0.0987. The van der Waals surface area contributed by atoms with Gasteiger partial charge in [0.1, 0.15) is 0 Å². The third kappa shape index (κ3) is 2.25. The van der Waals surface area contributed by atoms with Crippen molar-refractivity contribution in [2.75, 3.05) is 6.54 Å². The first kappa shape index (κ1) is 11.6. The number of likely N-dealkylation sites (tertiary alicyclic amines) is 1. The summed E-state index contributed by atoms with van der Waals surface area (Å²) in [5.41, 5.74) is 7.62. The molecule has 1 unspecified atom stereocenters. The lowest BCUT2D eigenvalue weighted by Gasteiger charge is -2.46. The Balaban J connectivity index is 2.09. The van der Waals surface area contributed by atoms with Gasteiger partial charge in [0, 0.05) is 30.5 Å². The first-order valence-corrected chi connectivity index (χ1v) is 6.00. The molecule has 0 aliphatic carbocycles. The molecule has 1 aromatic rings. The van der Waals surface area contributed by atoms with Crippen LogP contribution in [-0.4, -0.2) is 28.0 Å². The van der Waals surface area contributed by atoms with E-state index in [0.717, 1.165) is 19.5 Å². The van der Waals surface area contributed by atoms with Crippen LogP contribution in [0.15, 0.2) is 24.5 Å². The number of hydrogen-bond acceptors (Lipinski definition) is 3. The molecule has 0 saturated carbocycles. The van der Waals surface area contributed by atoms with E-state index in [-0.39, 0.29) is 11.6 Å². The minimum Gasteiger partial charge on any atom is -0.326 e. The summed E-state index contributed by atoms with van der Waals surface area (Å²) >= 11 is 0. The van der Waals surface area contributed by atoms with E-state index in [0.29, 0.717) is 0 Å². The molecule has 0 spiro atoms.